The van der Waals surface area contributed by atoms with Gasteiger partial charge < -0.3 is 9.47 Å². The van der Waals surface area contributed by atoms with Crippen molar-refractivity contribution < 1.29 is 19.1 Å². The molecule has 2 aromatic carbocycles. The first-order chi connectivity index (χ1) is 10.2. The summed E-state index contributed by atoms with van der Waals surface area (Å²) in [7, 11) is 0. The maximum absolute atomic E-state index is 12.1. The standard InChI is InChI=1S/C17H14O4/c18-15-17(21-16(19)20-15,11-13-7-3-1-4-8-13)12-14-9-5-2-6-10-14/h1-10H,11-12H2. The molecule has 4 heteroatoms. The summed E-state index contributed by atoms with van der Waals surface area (Å²) < 4.78 is 9.88. The zero-order chi connectivity index (χ0) is 14.7. The van der Waals surface area contributed by atoms with Gasteiger partial charge in [-0.2, -0.15) is 0 Å². The first-order valence-electron chi connectivity index (χ1n) is 6.71. The van der Waals surface area contributed by atoms with Gasteiger partial charge in [0.2, 0.25) is 5.60 Å². The van der Waals surface area contributed by atoms with Crippen LogP contribution in [-0.2, 0) is 27.1 Å². The number of ether oxygens (including phenoxy) is 2. The Morgan fingerprint density at radius 1 is 0.762 bits per heavy atom. The summed E-state index contributed by atoms with van der Waals surface area (Å²) in [6.07, 6.45) is -0.326. The van der Waals surface area contributed by atoms with Gasteiger partial charge in [0.15, 0.2) is 0 Å². The summed E-state index contributed by atoms with van der Waals surface area (Å²) >= 11 is 0. The van der Waals surface area contributed by atoms with E-state index in [-0.39, 0.29) is 0 Å². The van der Waals surface area contributed by atoms with Gasteiger partial charge in [0.05, 0.1) is 0 Å². The SMILES string of the molecule is O=C1OC(=O)C(Cc2ccccc2)(Cc2ccccc2)O1. The summed E-state index contributed by atoms with van der Waals surface area (Å²) in [6.45, 7) is 0. The monoisotopic (exact) mass is 282 g/mol. The van der Waals surface area contributed by atoms with Gasteiger partial charge in [-0.05, 0) is 11.1 Å². The van der Waals surface area contributed by atoms with E-state index in [4.69, 9.17) is 4.74 Å². The van der Waals surface area contributed by atoms with Crippen LogP contribution < -0.4 is 0 Å². The highest BCUT2D eigenvalue weighted by Crippen LogP contribution is 2.30. The number of carbonyl (C=O) groups excluding carboxylic acids is 2. The number of esters is 1. The third kappa shape index (κ3) is 2.79. The van der Waals surface area contributed by atoms with Crippen LogP contribution in [0.25, 0.3) is 0 Å². The summed E-state index contributed by atoms with van der Waals surface area (Å²) in [5.41, 5.74) is 0.555. The average molecular weight is 282 g/mol. The number of carbonyl (C=O) groups is 2. The molecule has 0 N–H and O–H groups in total. The summed E-state index contributed by atoms with van der Waals surface area (Å²) in [5, 5.41) is 0. The Labute approximate surface area is 122 Å². The van der Waals surface area contributed by atoms with Crippen molar-refractivity contribution >= 4 is 12.1 Å². The van der Waals surface area contributed by atoms with Crippen LogP contribution in [0.4, 0.5) is 4.79 Å². The topological polar surface area (TPSA) is 52.6 Å². The molecule has 0 unspecified atom stereocenters. The Hall–Kier alpha value is -2.62. The minimum Gasteiger partial charge on any atom is -0.414 e. The Bertz CT molecular complexity index is 608. The van der Waals surface area contributed by atoms with Crippen molar-refractivity contribution in [3.05, 3.63) is 71.8 Å². The quantitative estimate of drug-likeness (QED) is 0.639. The van der Waals surface area contributed by atoms with Crippen LogP contribution >= 0.6 is 0 Å². The molecule has 0 aliphatic carbocycles. The molecule has 1 aliphatic heterocycles. The fourth-order valence-electron chi connectivity index (χ4n) is 2.52. The van der Waals surface area contributed by atoms with Crippen molar-refractivity contribution in [3.8, 4) is 0 Å². The fourth-order valence-corrected chi connectivity index (χ4v) is 2.52. The van der Waals surface area contributed by atoms with Crippen molar-refractivity contribution in [1.82, 2.24) is 0 Å². The first-order valence-corrected chi connectivity index (χ1v) is 6.71. The largest absolute Gasteiger partial charge is 0.517 e. The van der Waals surface area contributed by atoms with Crippen molar-refractivity contribution in [2.24, 2.45) is 0 Å². The van der Waals surface area contributed by atoms with Crippen molar-refractivity contribution in [3.63, 3.8) is 0 Å². The molecule has 0 saturated carbocycles. The molecule has 1 heterocycles. The van der Waals surface area contributed by atoms with E-state index < -0.39 is 17.7 Å². The van der Waals surface area contributed by atoms with Gasteiger partial charge in [-0.25, -0.2) is 9.59 Å². The molecule has 1 saturated heterocycles. The molecule has 21 heavy (non-hydrogen) atoms. The molecule has 2 aromatic rings. The summed E-state index contributed by atoms with van der Waals surface area (Å²) in [6, 6.07) is 18.9. The second-order valence-electron chi connectivity index (χ2n) is 5.06. The lowest BCUT2D eigenvalue weighted by atomic mass is 9.88. The average Bonchev–Trinajstić information content (AvgIpc) is 2.75. The highest BCUT2D eigenvalue weighted by Gasteiger charge is 2.51. The molecule has 0 atom stereocenters. The van der Waals surface area contributed by atoms with Gasteiger partial charge in [-0.15, -0.1) is 0 Å². The van der Waals surface area contributed by atoms with Crippen LogP contribution in [0.15, 0.2) is 60.7 Å². The van der Waals surface area contributed by atoms with E-state index in [2.05, 4.69) is 4.74 Å². The van der Waals surface area contributed by atoms with Crippen LogP contribution in [0.2, 0.25) is 0 Å². The van der Waals surface area contributed by atoms with Crippen molar-refractivity contribution in [1.29, 1.82) is 0 Å². The van der Waals surface area contributed by atoms with E-state index in [1.807, 2.05) is 60.7 Å². The third-order valence-corrected chi connectivity index (χ3v) is 3.49. The van der Waals surface area contributed by atoms with Crippen LogP contribution in [0, 0.1) is 0 Å². The van der Waals surface area contributed by atoms with Crippen LogP contribution in [0.1, 0.15) is 11.1 Å². The summed E-state index contributed by atoms with van der Waals surface area (Å²) in [4.78, 5) is 23.5. The van der Waals surface area contributed by atoms with Gasteiger partial charge in [-0.1, -0.05) is 60.7 Å². The molecule has 106 valence electrons. The fraction of sp³-hybridized carbons (Fsp3) is 0.176. The minimum atomic E-state index is -1.28. The van der Waals surface area contributed by atoms with E-state index >= 15 is 0 Å². The summed E-state index contributed by atoms with van der Waals surface area (Å²) in [5.74, 6) is -0.625. The number of hydrogen-bond acceptors (Lipinski definition) is 4. The minimum absolute atomic E-state index is 0.299. The molecule has 0 aromatic heterocycles. The molecule has 1 aliphatic rings. The van der Waals surface area contributed by atoms with E-state index in [0.29, 0.717) is 12.8 Å². The molecule has 4 nitrogen and oxygen atoms in total. The molecule has 3 rings (SSSR count). The number of cyclic esters (lactones) is 3. The maximum Gasteiger partial charge on any atom is 0.517 e. The highest BCUT2D eigenvalue weighted by molar-refractivity contribution is 5.94. The van der Waals surface area contributed by atoms with Crippen molar-refractivity contribution in [2.45, 2.75) is 18.4 Å². The van der Waals surface area contributed by atoms with Gasteiger partial charge in [-0.3, -0.25) is 0 Å². The Morgan fingerprint density at radius 2 is 1.24 bits per heavy atom. The predicted octanol–water partition coefficient (Wildman–Crippen LogP) is 2.90. The first kappa shape index (κ1) is 13.4. The lowest BCUT2D eigenvalue weighted by molar-refractivity contribution is -0.143. The molecular formula is C17H14O4. The van der Waals surface area contributed by atoms with Crippen molar-refractivity contribution in [2.75, 3.05) is 0 Å². The number of benzene rings is 2. The number of rotatable bonds is 4. The van der Waals surface area contributed by atoms with Gasteiger partial charge >= 0.3 is 12.1 Å². The highest BCUT2D eigenvalue weighted by atomic mass is 16.8. The zero-order valence-electron chi connectivity index (χ0n) is 11.3. The van der Waals surface area contributed by atoms with E-state index in [0.717, 1.165) is 11.1 Å². The zero-order valence-corrected chi connectivity index (χ0v) is 11.3. The van der Waals surface area contributed by atoms with Crippen LogP contribution in [-0.4, -0.2) is 17.7 Å². The second-order valence-corrected chi connectivity index (χ2v) is 5.06. The van der Waals surface area contributed by atoms with Crippen LogP contribution in [0.5, 0.6) is 0 Å². The maximum atomic E-state index is 12.1. The lowest BCUT2D eigenvalue weighted by Gasteiger charge is -2.23. The molecule has 0 amide bonds. The number of hydrogen-bond donors (Lipinski definition) is 0. The van der Waals surface area contributed by atoms with Gasteiger partial charge in [0.25, 0.3) is 0 Å². The molecule has 0 radical (unpaired) electrons. The molecule has 0 spiro atoms. The van der Waals surface area contributed by atoms with E-state index in [1.165, 1.54) is 0 Å². The Morgan fingerprint density at radius 3 is 1.62 bits per heavy atom. The van der Waals surface area contributed by atoms with E-state index in [9.17, 15) is 9.59 Å². The molecule has 1 fully saturated rings. The van der Waals surface area contributed by atoms with E-state index in [1.54, 1.807) is 0 Å². The Kier molecular flexibility index (Phi) is 3.44. The van der Waals surface area contributed by atoms with Crippen LogP contribution in [0.3, 0.4) is 0 Å². The smallest absolute Gasteiger partial charge is 0.414 e. The normalized spacial score (nSPS) is 16.4. The molecular weight excluding hydrogens is 268 g/mol. The third-order valence-electron chi connectivity index (χ3n) is 3.49. The van der Waals surface area contributed by atoms with Gasteiger partial charge in [0, 0.05) is 12.8 Å². The predicted molar refractivity (Wildman–Crippen MR) is 75.6 cm³/mol. The van der Waals surface area contributed by atoms with Gasteiger partial charge in [0.1, 0.15) is 0 Å². The Balaban J connectivity index is 1.92. The second kappa shape index (κ2) is 5.40. The molecule has 0 bridgehead atoms. The lowest BCUT2D eigenvalue weighted by Crippen LogP contribution is -2.41.